The van der Waals surface area contributed by atoms with E-state index in [0.29, 0.717) is 10.6 Å². The molecule has 0 fully saturated rings. The van der Waals surface area contributed by atoms with Crippen LogP contribution in [-0.2, 0) is 0 Å². The minimum absolute atomic E-state index is 0.0949. The second-order valence-corrected chi connectivity index (χ2v) is 4.88. The molecular weight excluding hydrogens is 279 g/mol. The summed E-state index contributed by atoms with van der Waals surface area (Å²) in [5, 5.41) is 3.60. The van der Waals surface area contributed by atoms with Gasteiger partial charge in [0.2, 0.25) is 5.91 Å². The molecule has 0 saturated carbocycles. The van der Waals surface area contributed by atoms with E-state index in [9.17, 15) is 9.18 Å². The Hall–Kier alpha value is -2.07. The third-order valence-corrected chi connectivity index (χ3v) is 3.31. The number of primary amides is 1. The molecule has 0 saturated heterocycles. The first-order valence-corrected chi connectivity index (χ1v) is 6.46. The molecule has 0 heterocycles. The van der Waals surface area contributed by atoms with Crippen LogP contribution in [0.5, 0.6) is 0 Å². The van der Waals surface area contributed by atoms with Crippen LogP contribution in [0.4, 0.5) is 10.1 Å². The lowest BCUT2D eigenvalue weighted by Gasteiger charge is -2.17. The van der Waals surface area contributed by atoms with Crippen molar-refractivity contribution in [3.8, 4) is 0 Å². The zero-order valence-corrected chi connectivity index (χ0v) is 11.6. The average molecular weight is 293 g/mol. The molecule has 104 valence electrons. The van der Waals surface area contributed by atoms with Gasteiger partial charge in [-0.25, -0.2) is 4.39 Å². The summed E-state index contributed by atoms with van der Waals surface area (Å²) in [6.07, 6.45) is 0. The Morgan fingerprint density at radius 3 is 2.45 bits per heavy atom. The third-order valence-electron chi connectivity index (χ3n) is 2.98. The highest BCUT2D eigenvalue weighted by molar-refractivity contribution is 6.31. The highest BCUT2D eigenvalue weighted by Crippen LogP contribution is 2.26. The van der Waals surface area contributed by atoms with Crippen LogP contribution in [0.25, 0.3) is 0 Å². The van der Waals surface area contributed by atoms with Crippen LogP contribution in [0.3, 0.4) is 0 Å². The Bertz CT molecular complexity index is 628. The molecule has 5 heteroatoms. The van der Waals surface area contributed by atoms with E-state index in [1.165, 1.54) is 12.1 Å². The van der Waals surface area contributed by atoms with Crippen molar-refractivity contribution in [3.05, 3.63) is 64.4 Å². The van der Waals surface area contributed by atoms with E-state index in [1.807, 2.05) is 6.92 Å². The lowest BCUT2D eigenvalue weighted by Crippen LogP contribution is -2.11. The van der Waals surface area contributed by atoms with Gasteiger partial charge in [-0.3, -0.25) is 4.79 Å². The van der Waals surface area contributed by atoms with Crippen molar-refractivity contribution in [2.75, 3.05) is 5.32 Å². The van der Waals surface area contributed by atoms with E-state index in [2.05, 4.69) is 5.32 Å². The van der Waals surface area contributed by atoms with Crippen molar-refractivity contribution in [2.45, 2.75) is 13.0 Å². The van der Waals surface area contributed by atoms with Crippen LogP contribution in [-0.4, -0.2) is 5.91 Å². The molecule has 0 aromatic heterocycles. The standard InChI is InChI=1S/C15H14ClFN2O/c1-9(13-7-4-11(17)8-14(13)16)19-12-5-2-10(3-6-12)15(18)20/h2-9,19H,1H3,(H2,18,20). The maximum atomic E-state index is 13.0. The summed E-state index contributed by atoms with van der Waals surface area (Å²) >= 11 is 6.02. The second-order valence-electron chi connectivity index (χ2n) is 4.47. The Labute approximate surface area is 121 Å². The number of anilines is 1. The molecule has 2 aromatic carbocycles. The molecule has 1 unspecified atom stereocenters. The first-order chi connectivity index (χ1) is 9.47. The first kappa shape index (κ1) is 14.3. The fourth-order valence-electron chi connectivity index (χ4n) is 1.91. The zero-order chi connectivity index (χ0) is 14.7. The van der Waals surface area contributed by atoms with Gasteiger partial charge in [-0.2, -0.15) is 0 Å². The van der Waals surface area contributed by atoms with Crippen molar-refractivity contribution in [3.63, 3.8) is 0 Å². The van der Waals surface area contributed by atoms with Gasteiger partial charge in [0.1, 0.15) is 5.82 Å². The highest BCUT2D eigenvalue weighted by Gasteiger charge is 2.10. The fraction of sp³-hybridized carbons (Fsp3) is 0.133. The number of nitrogens with one attached hydrogen (secondary N) is 1. The first-order valence-electron chi connectivity index (χ1n) is 6.08. The predicted molar refractivity (Wildman–Crippen MR) is 78.4 cm³/mol. The van der Waals surface area contributed by atoms with Crippen LogP contribution < -0.4 is 11.1 Å². The van der Waals surface area contributed by atoms with Gasteiger partial charge in [0.05, 0.1) is 0 Å². The number of rotatable bonds is 4. The van der Waals surface area contributed by atoms with Gasteiger partial charge in [0.15, 0.2) is 0 Å². The number of hydrogen-bond acceptors (Lipinski definition) is 2. The summed E-state index contributed by atoms with van der Waals surface area (Å²) in [5.74, 6) is -0.831. The maximum Gasteiger partial charge on any atom is 0.248 e. The molecule has 0 aliphatic carbocycles. The van der Waals surface area contributed by atoms with Crippen molar-refractivity contribution in [2.24, 2.45) is 5.73 Å². The Morgan fingerprint density at radius 2 is 1.90 bits per heavy atom. The van der Waals surface area contributed by atoms with Gasteiger partial charge in [0.25, 0.3) is 0 Å². The Balaban J connectivity index is 2.14. The van der Waals surface area contributed by atoms with Gasteiger partial charge in [-0.1, -0.05) is 17.7 Å². The quantitative estimate of drug-likeness (QED) is 0.901. The molecule has 0 aliphatic rings. The molecule has 1 amide bonds. The molecule has 3 N–H and O–H groups in total. The van der Waals surface area contributed by atoms with Crippen LogP contribution in [0.15, 0.2) is 42.5 Å². The number of hydrogen-bond donors (Lipinski definition) is 2. The van der Waals surface area contributed by atoms with Gasteiger partial charge >= 0.3 is 0 Å². The summed E-state index contributed by atoms with van der Waals surface area (Å²) < 4.78 is 13.0. The van der Waals surface area contributed by atoms with Gasteiger partial charge in [-0.15, -0.1) is 0 Å². The molecule has 0 aliphatic heterocycles. The topological polar surface area (TPSA) is 55.1 Å². The van der Waals surface area contributed by atoms with Crippen molar-refractivity contribution in [1.82, 2.24) is 0 Å². The van der Waals surface area contributed by atoms with Crippen LogP contribution in [0, 0.1) is 5.82 Å². The molecule has 20 heavy (non-hydrogen) atoms. The smallest absolute Gasteiger partial charge is 0.248 e. The SMILES string of the molecule is CC(Nc1ccc(C(N)=O)cc1)c1ccc(F)cc1Cl. The molecular formula is C15H14ClFN2O. The van der Waals surface area contributed by atoms with Crippen LogP contribution in [0.1, 0.15) is 28.9 Å². The number of nitrogens with two attached hydrogens (primary N) is 1. The number of carbonyl (C=O) groups excluding carboxylic acids is 1. The maximum absolute atomic E-state index is 13.0. The second kappa shape index (κ2) is 5.92. The van der Waals surface area contributed by atoms with E-state index < -0.39 is 5.91 Å². The van der Waals surface area contributed by atoms with Gasteiger partial charge in [0, 0.05) is 22.3 Å². The van der Waals surface area contributed by atoms with E-state index >= 15 is 0 Å². The van der Waals surface area contributed by atoms with E-state index in [-0.39, 0.29) is 11.9 Å². The average Bonchev–Trinajstić information content (AvgIpc) is 2.39. The summed E-state index contributed by atoms with van der Waals surface area (Å²) in [6.45, 7) is 1.92. The summed E-state index contributed by atoms with van der Waals surface area (Å²) in [6, 6.07) is 11.0. The summed E-state index contributed by atoms with van der Waals surface area (Å²) in [4.78, 5) is 11.0. The van der Waals surface area contributed by atoms with Crippen LogP contribution in [0.2, 0.25) is 5.02 Å². The molecule has 0 radical (unpaired) electrons. The molecule has 2 aromatic rings. The fourth-order valence-corrected chi connectivity index (χ4v) is 2.24. The number of halogens is 2. The van der Waals surface area contributed by atoms with E-state index in [0.717, 1.165) is 11.3 Å². The normalized spacial score (nSPS) is 11.9. The monoisotopic (exact) mass is 292 g/mol. The molecule has 3 nitrogen and oxygen atoms in total. The lowest BCUT2D eigenvalue weighted by molar-refractivity contribution is 0.100. The number of benzene rings is 2. The zero-order valence-electron chi connectivity index (χ0n) is 10.9. The largest absolute Gasteiger partial charge is 0.378 e. The lowest BCUT2D eigenvalue weighted by atomic mass is 10.1. The van der Waals surface area contributed by atoms with Gasteiger partial charge in [-0.05, 0) is 48.9 Å². The number of amides is 1. The minimum atomic E-state index is -0.467. The van der Waals surface area contributed by atoms with Gasteiger partial charge < -0.3 is 11.1 Å². The van der Waals surface area contributed by atoms with Crippen molar-refractivity contribution < 1.29 is 9.18 Å². The predicted octanol–water partition coefficient (Wildman–Crippen LogP) is 3.75. The minimum Gasteiger partial charge on any atom is -0.378 e. The Morgan fingerprint density at radius 1 is 1.25 bits per heavy atom. The molecule has 1 atom stereocenters. The number of carbonyl (C=O) groups is 1. The molecule has 0 bridgehead atoms. The summed E-state index contributed by atoms with van der Waals surface area (Å²) in [5.41, 5.74) is 7.25. The van der Waals surface area contributed by atoms with Crippen LogP contribution >= 0.6 is 11.6 Å². The van der Waals surface area contributed by atoms with E-state index in [4.69, 9.17) is 17.3 Å². The Kier molecular flexibility index (Phi) is 4.25. The van der Waals surface area contributed by atoms with Crippen molar-refractivity contribution >= 4 is 23.2 Å². The van der Waals surface area contributed by atoms with Crippen molar-refractivity contribution in [1.29, 1.82) is 0 Å². The molecule has 0 spiro atoms. The third kappa shape index (κ3) is 3.27. The molecule has 2 rings (SSSR count). The highest BCUT2D eigenvalue weighted by atomic mass is 35.5. The summed E-state index contributed by atoms with van der Waals surface area (Å²) in [7, 11) is 0. The van der Waals surface area contributed by atoms with E-state index in [1.54, 1.807) is 30.3 Å².